The molecule has 2 aromatic carbocycles. The molecule has 0 unspecified atom stereocenters. The summed E-state index contributed by atoms with van der Waals surface area (Å²) in [6, 6.07) is 12.5. The van der Waals surface area contributed by atoms with Crippen molar-refractivity contribution in [3.8, 4) is 0 Å². The van der Waals surface area contributed by atoms with Crippen LogP contribution in [0.25, 0.3) is 0 Å². The maximum Gasteiger partial charge on any atom is 0.257 e. The number of nitrogens with zero attached hydrogens (tertiary/aromatic N) is 2. The first kappa shape index (κ1) is 25.8. The molecule has 0 aliphatic carbocycles. The van der Waals surface area contributed by atoms with Gasteiger partial charge in [-0.05, 0) is 36.8 Å². The highest BCUT2D eigenvalue weighted by Gasteiger charge is 2.17. The Kier molecular flexibility index (Phi) is 9.11. The normalized spacial score (nSPS) is 11.2. The van der Waals surface area contributed by atoms with E-state index in [2.05, 4.69) is 25.6 Å². The SMILES string of the molecule is CCCCNS(=O)(=O)c1cccc(C(=O)Nc2nnc(CCNC(=O)c3ccccc3Cl)s2)c1. The number of hydrogen-bond donors (Lipinski definition) is 3. The van der Waals surface area contributed by atoms with Gasteiger partial charge in [-0.15, -0.1) is 10.2 Å². The molecular weight excluding hydrogens is 498 g/mol. The summed E-state index contributed by atoms with van der Waals surface area (Å²) < 4.78 is 27.3. The molecule has 3 N–H and O–H groups in total. The van der Waals surface area contributed by atoms with Crippen molar-refractivity contribution in [2.75, 3.05) is 18.4 Å². The van der Waals surface area contributed by atoms with Crippen LogP contribution in [0.4, 0.5) is 5.13 Å². The fraction of sp³-hybridized carbons (Fsp3) is 0.273. The molecule has 0 spiro atoms. The van der Waals surface area contributed by atoms with Crippen LogP contribution < -0.4 is 15.4 Å². The van der Waals surface area contributed by atoms with E-state index in [-0.39, 0.29) is 21.5 Å². The van der Waals surface area contributed by atoms with Crippen LogP contribution in [0.1, 0.15) is 45.5 Å². The van der Waals surface area contributed by atoms with Gasteiger partial charge >= 0.3 is 0 Å². The van der Waals surface area contributed by atoms with Gasteiger partial charge in [0, 0.05) is 25.1 Å². The van der Waals surface area contributed by atoms with Gasteiger partial charge in [-0.1, -0.05) is 54.5 Å². The van der Waals surface area contributed by atoms with Crippen molar-refractivity contribution in [3.05, 3.63) is 69.7 Å². The van der Waals surface area contributed by atoms with Crippen LogP contribution in [0.2, 0.25) is 5.02 Å². The molecule has 3 rings (SSSR count). The van der Waals surface area contributed by atoms with Crippen molar-refractivity contribution in [2.24, 2.45) is 0 Å². The maximum absolute atomic E-state index is 12.6. The van der Waals surface area contributed by atoms with Crippen LogP contribution in [-0.2, 0) is 16.4 Å². The number of unbranched alkanes of at least 4 members (excludes halogenated alkanes) is 1. The van der Waals surface area contributed by atoms with E-state index in [1.54, 1.807) is 24.3 Å². The standard InChI is InChI=1S/C22H24ClN5O4S2/c1-2-3-12-25-34(31,32)16-8-6-7-15(14-16)20(29)26-22-28-27-19(33-22)11-13-24-21(30)17-9-4-5-10-18(17)23/h4-10,14,25H,2-3,11-13H2,1H3,(H,24,30)(H,26,28,29). The lowest BCUT2D eigenvalue weighted by molar-refractivity contribution is 0.0953. The molecule has 0 bridgehead atoms. The molecule has 0 radical (unpaired) electrons. The average molecular weight is 522 g/mol. The van der Waals surface area contributed by atoms with Crippen molar-refractivity contribution >= 4 is 49.9 Å². The van der Waals surface area contributed by atoms with E-state index in [1.165, 1.54) is 35.6 Å². The van der Waals surface area contributed by atoms with Gasteiger partial charge in [0.25, 0.3) is 11.8 Å². The van der Waals surface area contributed by atoms with Gasteiger partial charge in [-0.3, -0.25) is 14.9 Å². The third kappa shape index (κ3) is 7.07. The quantitative estimate of drug-likeness (QED) is 0.331. The van der Waals surface area contributed by atoms with Gasteiger partial charge in [-0.2, -0.15) is 0 Å². The number of aromatic nitrogens is 2. The largest absolute Gasteiger partial charge is 0.352 e. The van der Waals surface area contributed by atoms with Crippen molar-refractivity contribution in [1.29, 1.82) is 0 Å². The van der Waals surface area contributed by atoms with Gasteiger partial charge in [0.1, 0.15) is 5.01 Å². The van der Waals surface area contributed by atoms with E-state index in [0.717, 1.165) is 12.8 Å². The molecule has 12 heteroatoms. The zero-order chi connectivity index (χ0) is 24.6. The minimum absolute atomic E-state index is 0.0171. The first-order chi connectivity index (χ1) is 16.3. The first-order valence-electron chi connectivity index (χ1n) is 10.6. The Morgan fingerprint density at radius 2 is 1.82 bits per heavy atom. The zero-order valence-corrected chi connectivity index (χ0v) is 20.8. The fourth-order valence-electron chi connectivity index (χ4n) is 2.87. The predicted octanol–water partition coefficient (Wildman–Crippen LogP) is 3.49. The van der Waals surface area contributed by atoms with Crippen LogP contribution in [0.15, 0.2) is 53.4 Å². The maximum atomic E-state index is 12.6. The molecule has 1 aromatic heterocycles. The Balaban J connectivity index is 1.55. The summed E-state index contributed by atoms with van der Waals surface area (Å²) in [5, 5.41) is 14.6. The third-order valence-electron chi connectivity index (χ3n) is 4.66. The minimum Gasteiger partial charge on any atom is -0.352 e. The number of anilines is 1. The molecule has 0 saturated heterocycles. The van der Waals surface area contributed by atoms with Crippen LogP contribution in [0, 0.1) is 0 Å². The van der Waals surface area contributed by atoms with Gasteiger partial charge in [0.05, 0.1) is 15.5 Å². The molecule has 0 aliphatic heterocycles. The molecule has 0 fully saturated rings. The molecular formula is C22H24ClN5O4S2. The van der Waals surface area contributed by atoms with E-state index >= 15 is 0 Å². The monoisotopic (exact) mass is 521 g/mol. The van der Waals surface area contributed by atoms with Crippen molar-refractivity contribution in [3.63, 3.8) is 0 Å². The number of hydrogen-bond acceptors (Lipinski definition) is 7. The van der Waals surface area contributed by atoms with E-state index < -0.39 is 15.9 Å². The third-order valence-corrected chi connectivity index (χ3v) is 7.35. The zero-order valence-electron chi connectivity index (χ0n) is 18.4. The average Bonchev–Trinajstić information content (AvgIpc) is 3.26. The van der Waals surface area contributed by atoms with E-state index in [4.69, 9.17) is 11.6 Å². The number of rotatable bonds is 11. The second-order valence-electron chi connectivity index (χ2n) is 7.22. The van der Waals surface area contributed by atoms with Crippen molar-refractivity contribution in [2.45, 2.75) is 31.1 Å². The fourth-order valence-corrected chi connectivity index (χ4v) is 4.94. The van der Waals surface area contributed by atoms with Gasteiger partial charge in [0.15, 0.2) is 0 Å². The summed E-state index contributed by atoms with van der Waals surface area (Å²) in [5.41, 5.74) is 0.571. The number of benzene rings is 2. The molecule has 1 heterocycles. The van der Waals surface area contributed by atoms with E-state index in [9.17, 15) is 18.0 Å². The Bertz CT molecular complexity index is 1260. The molecule has 2 amide bonds. The van der Waals surface area contributed by atoms with Crippen molar-refractivity contribution in [1.82, 2.24) is 20.2 Å². The summed E-state index contributed by atoms with van der Waals surface area (Å²) in [5.74, 6) is -0.789. The topological polar surface area (TPSA) is 130 Å². The summed E-state index contributed by atoms with van der Waals surface area (Å²) >= 11 is 7.19. The van der Waals surface area contributed by atoms with Gasteiger partial charge in [-0.25, -0.2) is 13.1 Å². The summed E-state index contributed by atoms with van der Waals surface area (Å²) in [4.78, 5) is 24.8. The van der Waals surface area contributed by atoms with Gasteiger partial charge < -0.3 is 5.32 Å². The highest BCUT2D eigenvalue weighted by Crippen LogP contribution is 2.18. The van der Waals surface area contributed by atoms with Crippen LogP contribution in [-0.4, -0.2) is 43.5 Å². The second kappa shape index (κ2) is 12.0. The molecule has 34 heavy (non-hydrogen) atoms. The highest BCUT2D eigenvalue weighted by atomic mass is 35.5. The van der Waals surface area contributed by atoms with Crippen LogP contribution in [0.3, 0.4) is 0 Å². The lowest BCUT2D eigenvalue weighted by atomic mass is 10.2. The lowest BCUT2D eigenvalue weighted by Crippen LogP contribution is -2.25. The van der Waals surface area contributed by atoms with Gasteiger partial charge in [0.2, 0.25) is 15.2 Å². The second-order valence-corrected chi connectivity index (χ2v) is 10.5. The minimum atomic E-state index is -3.70. The van der Waals surface area contributed by atoms with Crippen molar-refractivity contribution < 1.29 is 18.0 Å². The number of amides is 2. The highest BCUT2D eigenvalue weighted by molar-refractivity contribution is 7.89. The molecule has 180 valence electrons. The number of sulfonamides is 1. The Morgan fingerprint density at radius 1 is 1.03 bits per heavy atom. The van der Waals surface area contributed by atoms with E-state index in [1.807, 2.05) is 6.92 Å². The van der Waals surface area contributed by atoms with Crippen LogP contribution in [0.5, 0.6) is 0 Å². The predicted molar refractivity (Wildman–Crippen MR) is 132 cm³/mol. The molecule has 3 aromatic rings. The van der Waals surface area contributed by atoms with Crippen LogP contribution >= 0.6 is 22.9 Å². The number of halogens is 1. The summed E-state index contributed by atoms with van der Waals surface area (Å²) in [6.07, 6.45) is 2.01. The lowest BCUT2D eigenvalue weighted by Gasteiger charge is -2.08. The summed E-state index contributed by atoms with van der Waals surface area (Å²) in [6.45, 7) is 2.62. The number of nitrogens with one attached hydrogen (secondary N) is 3. The molecule has 0 aliphatic rings. The van der Waals surface area contributed by atoms with E-state index in [0.29, 0.717) is 35.1 Å². The Morgan fingerprint density at radius 3 is 2.59 bits per heavy atom. The smallest absolute Gasteiger partial charge is 0.257 e. The Labute approximate surface area is 207 Å². The molecule has 0 atom stereocenters. The molecule has 9 nitrogen and oxygen atoms in total. The number of carbonyl (C=O) groups is 2. The summed E-state index contributed by atoms with van der Waals surface area (Å²) in [7, 11) is -3.70. The molecule has 0 saturated carbocycles. The first-order valence-corrected chi connectivity index (χ1v) is 13.2. The Hall–Kier alpha value is -2.86. The number of carbonyl (C=O) groups excluding carboxylic acids is 2.